The van der Waals surface area contributed by atoms with Gasteiger partial charge in [0.15, 0.2) is 0 Å². The molecular weight excluding hydrogens is 306 g/mol. The Bertz CT molecular complexity index is 667. The van der Waals surface area contributed by atoms with Crippen LogP contribution in [0, 0.1) is 5.41 Å². The molecule has 0 amide bonds. The van der Waals surface area contributed by atoms with Crippen molar-refractivity contribution in [1.29, 1.82) is 0 Å². The predicted molar refractivity (Wildman–Crippen MR) is 80.1 cm³/mol. The second-order valence-corrected chi connectivity index (χ2v) is 6.69. The highest BCUT2D eigenvalue weighted by molar-refractivity contribution is 9.10. The number of hydrogen-bond acceptors (Lipinski definition) is 2. The number of rotatable bonds is 2. The minimum absolute atomic E-state index is 0.00724. The number of hydrogen-bond donors (Lipinski definition) is 3. The van der Waals surface area contributed by atoms with Gasteiger partial charge in [-0.25, -0.2) is 4.79 Å². The molecule has 0 bridgehead atoms. The van der Waals surface area contributed by atoms with E-state index in [-0.39, 0.29) is 17.1 Å². The zero-order valence-corrected chi connectivity index (χ0v) is 12.5. The minimum atomic E-state index is -0.181. The molecule has 1 atom stereocenters. The van der Waals surface area contributed by atoms with Gasteiger partial charge in [-0.15, -0.1) is 0 Å². The Morgan fingerprint density at radius 1 is 1.26 bits per heavy atom. The topological polar surface area (TPSA) is 74.7 Å². The number of aromatic amines is 2. The second kappa shape index (κ2) is 4.49. The maximum Gasteiger partial charge on any atom is 0.323 e. The van der Waals surface area contributed by atoms with Crippen LogP contribution in [0.3, 0.4) is 0 Å². The molecule has 4 N–H and O–H groups in total. The quantitative estimate of drug-likeness (QED) is 0.793. The average Bonchev–Trinajstić information content (AvgIpc) is 2.93. The number of nitrogens with one attached hydrogen (secondary N) is 2. The minimum Gasteiger partial charge on any atom is -0.323 e. The van der Waals surface area contributed by atoms with Gasteiger partial charge in [0.2, 0.25) is 0 Å². The highest BCUT2D eigenvalue weighted by Crippen LogP contribution is 2.47. The molecule has 1 unspecified atom stereocenters. The molecule has 0 radical (unpaired) electrons. The zero-order chi connectivity index (χ0) is 13.6. The Morgan fingerprint density at radius 3 is 2.47 bits per heavy atom. The highest BCUT2D eigenvalue weighted by Gasteiger charge is 2.36. The fourth-order valence-electron chi connectivity index (χ4n) is 3.18. The van der Waals surface area contributed by atoms with Gasteiger partial charge in [-0.3, -0.25) is 0 Å². The van der Waals surface area contributed by atoms with Crippen LogP contribution < -0.4 is 11.4 Å². The van der Waals surface area contributed by atoms with Gasteiger partial charge < -0.3 is 15.7 Å². The SMILES string of the molecule is CC1(C(N)c2cc3[nH]c(=O)[nH]c3cc2Br)CCCC1. The lowest BCUT2D eigenvalue weighted by Crippen LogP contribution is -2.29. The summed E-state index contributed by atoms with van der Waals surface area (Å²) in [5.74, 6) is 0. The first-order valence-electron chi connectivity index (χ1n) is 6.67. The van der Waals surface area contributed by atoms with Crippen molar-refractivity contribution in [1.82, 2.24) is 9.97 Å². The van der Waals surface area contributed by atoms with Crippen LogP contribution in [0.1, 0.15) is 44.2 Å². The van der Waals surface area contributed by atoms with Crippen LogP contribution in [0.15, 0.2) is 21.4 Å². The molecule has 0 aliphatic heterocycles. The van der Waals surface area contributed by atoms with Gasteiger partial charge in [-0.2, -0.15) is 0 Å². The molecule has 1 aromatic heterocycles. The third kappa shape index (κ3) is 2.15. The van der Waals surface area contributed by atoms with Crippen molar-refractivity contribution in [3.8, 4) is 0 Å². The Labute approximate surface area is 119 Å². The van der Waals surface area contributed by atoms with Crippen LogP contribution in [0.2, 0.25) is 0 Å². The Hall–Kier alpha value is -1.07. The lowest BCUT2D eigenvalue weighted by atomic mass is 9.78. The number of benzene rings is 1. The predicted octanol–water partition coefficient (Wildman–Crippen LogP) is 3.20. The summed E-state index contributed by atoms with van der Waals surface area (Å²) in [5, 5.41) is 0. The molecule has 102 valence electrons. The van der Waals surface area contributed by atoms with Crippen LogP contribution >= 0.6 is 15.9 Å². The summed E-state index contributed by atoms with van der Waals surface area (Å²) in [4.78, 5) is 16.9. The van der Waals surface area contributed by atoms with Gasteiger partial charge in [0, 0.05) is 10.5 Å². The van der Waals surface area contributed by atoms with Crippen molar-refractivity contribution < 1.29 is 0 Å². The van der Waals surface area contributed by atoms with E-state index in [9.17, 15) is 4.79 Å². The Morgan fingerprint density at radius 2 is 1.84 bits per heavy atom. The van der Waals surface area contributed by atoms with Crippen LogP contribution in [-0.4, -0.2) is 9.97 Å². The summed E-state index contributed by atoms with van der Waals surface area (Å²) in [6, 6.07) is 3.92. The molecular formula is C14H18BrN3O. The van der Waals surface area contributed by atoms with E-state index in [4.69, 9.17) is 5.73 Å². The van der Waals surface area contributed by atoms with Gasteiger partial charge in [0.25, 0.3) is 0 Å². The van der Waals surface area contributed by atoms with Gasteiger partial charge in [-0.1, -0.05) is 35.7 Å². The van der Waals surface area contributed by atoms with E-state index in [0.717, 1.165) is 21.1 Å². The van der Waals surface area contributed by atoms with Crippen molar-refractivity contribution >= 4 is 27.0 Å². The summed E-state index contributed by atoms with van der Waals surface area (Å²) in [6.07, 6.45) is 4.85. The number of H-pyrrole nitrogens is 2. The van der Waals surface area contributed by atoms with Crippen molar-refractivity contribution in [2.24, 2.45) is 11.1 Å². The first-order valence-corrected chi connectivity index (χ1v) is 7.46. The van der Waals surface area contributed by atoms with Crippen LogP contribution in [-0.2, 0) is 0 Å². The second-order valence-electron chi connectivity index (χ2n) is 5.84. The monoisotopic (exact) mass is 323 g/mol. The maximum absolute atomic E-state index is 11.3. The molecule has 1 saturated carbocycles. The third-order valence-corrected chi connectivity index (χ3v) is 5.15. The molecule has 1 aliphatic carbocycles. The lowest BCUT2D eigenvalue weighted by Gasteiger charge is -2.32. The molecule has 1 aliphatic rings. The van der Waals surface area contributed by atoms with E-state index >= 15 is 0 Å². The fourth-order valence-corrected chi connectivity index (χ4v) is 3.77. The summed E-state index contributed by atoms with van der Waals surface area (Å²) < 4.78 is 0.968. The normalized spacial score (nSPS) is 19.9. The number of imidazole rings is 1. The largest absolute Gasteiger partial charge is 0.323 e. The van der Waals surface area contributed by atoms with Crippen LogP contribution in [0.5, 0.6) is 0 Å². The van der Waals surface area contributed by atoms with E-state index in [2.05, 4.69) is 32.8 Å². The van der Waals surface area contributed by atoms with Crippen molar-refractivity contribution in [3.05, 3.63) is 32.7 Å². The third-order valence-electron chi connectivity index (χ3n) is 4.46. The molecule has 5 heteroatoms. The number of nitrogens with two attached hydrogens (primary N) is 1. The van der Waals surface area contributed by atoms with E-state index in [0.29, 0.717) is 0 Å². The molecule has 0 saturated heterocycles. The Kier molecular flexibility index (Phi) is 3.06. The Balaban J connectivity index is 2.08. The first kappa shape index (κ1) is 12.9. The molecule has 2 aromatic rings. The van der Waals surface area contributed by atoms with E-state index in [1.54, 1.807) is 0 Å². The molecule has 4 nitrogen and oxygen atoms in total. The highest BCUT2D eigenvalue weighted by atomic mass is 79.9. The fraction of sp³-hybridized carbons (Fsp3) is 0.500. The molecule has 1 aromatic carbocycles. The van der Waals surface area contributed by atoms with Gasteiger partial charge in [-0.05, 0) is 36.0 Å². The smallest absolute Gasteiger partial charge is 0.323 e. The first-order chi connectivity index (χ1) is 8.99. The standard InChI is InChI=1S/C14H18BrN3O/c1-14(4-2-3-5-14)12(16)8-6-10-11(7-9(8)15)18-13(19)17-10/h6-7,12H,2-5,16H2,1H3,(H2,17,18,19). The maximum atomic E-state index is 11.3. The molecule has 0 spiro atoms. The molecule has 19 heavy (non-hydrogen) atoms. The molecule has 1 heterocycles. The van der Waals surface area contributed by atoms with Gasteiger partial charge in [0.05, 0.1) is 11.0 Å². The number of aromatic nitrogens is 2. The average molecular weight is 324 g/mol. The van der Waals surface area contributed by atoms with E-state index < -0.39 is 0 Å². The summed E-state index contributed by atoms with van der Waals surface area (Å²) >= 11 is 3.58. The summed E-state index contributed by atoms with van der Waals surface area (Å²) in [7, 11) is 0. The van der Waals surface area contributed by atoms with Crippen molar-refractivity contribution in [2.45, 2.75) is 38.6 Å². The van der Waals surface area contributed by atoms with E-state index in [1.807, 2.05) is 12.1 Å². The summed E-state index contributed by atoms with van der Waals surface area (Å²) in [6.45, 7) is 2.27. The van der Waals surface area contributed by atoms with Crippen LogP contribution in [0.25, 0.3) is 11.0 Å². The van der Waals surface area contributed by atoms with Crippen molar-refractivity contribution in [2.75, 3.05) is 0 Å². The number of fused-ring (bicyclic) bond motifs is 1. The number of halogens is 1. The lowest BCUT2D eigenvalue weighted by molar-refractivity contribution is 0.265. The molecule has 3 rings (SSSR count). The van der Waals surface area contributed by atoms with Crippen LogP contribution in [0.4, 0.5) is 0 Å². The summed E-state index contributed by atoms with van der Waals surface area (Å²) in [5.41, 5.74) is 9.19. The molecule has 1 fully saturated rings. The van der Waals surface area contributed by atoms with Crippen molar-refractivity contribution in [3.63, 3.8) is 0 Å². The van der Waals surface area contributed by atoms with E-state index in [1.165, 1.54) is 25.7 Å². The zero-order valence-electron chi connectivity index (χ0n) is 10.9. The van der Waals surface area contributed by atoms with Gasteiger partial charge in [0.1, 0.15) is 0 Å². The van der Waals surface area contributed by atoms with Gasteiger partial charge >= 0.3 is 5.69 Å².